The highest BCUT2D eigenvalue weighted by Gasteiger charge is 2.37. The molecule has 158 valence electrons. The minimum atomic E-state index is -0.620. The maximum atomic E-state index is 12.4. The van der Waals surface area contributed by atoms with Crippen LogP contribution in [0.1, 0.15) is 17.5 Å². The molecule has 0 saturated carbocycles. The predicted octanol–water partition coefficient (Wildman–Crippen LogP) is 3.50. The topological polar surface area (TPSA) is 84.9 Å². The van der Waals surface area contributed by atoms with E-state index in [0.717, 1.165) is 16.8 Å². The van der Waals surface area contributed by atoms with Crippen LogP contribution in [0.25, 0.3) is 0 Å². The van der Waals surface area contributed by atoms with E-state index in [9.17, 15) is 14.4 Å². The number of carbonyl (C=O) groups excluding carboxylic acids is 3. The molecule has 7 nitrogen and oxygen atoms in total. The third kappa shape index (κ3) is 4.91. The molecule has 0 aromatic heterocycles. The largest absolute Gasteiger partial charge is 0.495 e. The minimum Gasteiger partial charge on any atom is -0.495 e. The van der Waals surface area contributed by atoms with Gasteiger partial charge >= 0.3 is 5.97 Å². The van der Waals surface area contributed by atoms with Crippen molar-refractivity contribution in [2.24, 2.45) is 5.92 Å². The molecule has 1 atom stereocenters. The van der Waals surface area contributed by atoms with Gasteiger partial charge in [-0.2, -0.15) is 0 Å². The first-order valence-corrected chi connectivity index (χ1v) is 9.84. The number of carbonyl (C=O) groups is 3. The van der Waals surface area contributed by atoms with Crippen LogP contribution in [-0.2, 0) is 19.1 Å². The normalized spacial score (nSPS) is 15.8. The third-order valence-corrected chi connectivity index (χ3v) is 5.13. The van der Waals surface area contributed by atoms with E-state index in [2.05, 4.69) is 5.32 Å². The Kier molecular flexibility index (Phi) is 6.62. The number of nitrogens with one attached hydrogen (secondary N) is 1. The summed E-state index contributed by atoms with van der Waals surface area (Å²) in [7, 11) is 1.47. The number of amides is 2. The van der Waals surface area contributed by atoms with Crippen molar-refractivity contribution in [1.82, 2.24) is 0 Å². The van der Waals surface area contributed by atoms with Gasteiger partial charge in [0.15, 0.2) is 6.61 Å². The average Bonchev–Trinajstić information content (AvgIpc) is 3.09. The lowest BCUT2D eigenvalue weighted by molar-refractivity contribution is -0.151. The molecule has 8 heteroatoms. The molecule has 0 bridgehead atoms. The van der Waals surface area contributed by atoms with Gasteiger partial charge in [-0.15, -0.1) is 0 Å². The number of hydrogen-bond donors (Lipinski definition) is 1. The lowest BCUT2D eigenvalue weighted by atomic mass is 10.1. The fourth-order valence-corrected chi connectivity index (χ4v) is 3.50. The number of benzene rings is 2. The zero-order valence-electron chi connectivity index (χ0n) is 17.0. The van der Waals surface area contributed by atoms with E-state index >= 15 is 0 Å². The van der Waals surface area contributed by atoms with E-state index in [0.29, 0.717) is 16.5 Å². The Morgan fingerprint density at radius 1 is 1.20 bits per heavy atom. The van der Waals surface area contributed by atoms with Gasteiger partial charge < -0.3 is 19.7 Å². The zero-order valence-corrected chi connectivity index (χ0v) is 17.8. The molecule has 1 unspecified atom stereocenters. The fourth-order valence-electron chi connectivity index (χ4n) is 3.33. The van der Waals surface area contributed by atoms with Crippen LogP contribution in [0.4, 0.5) is 11.4 Å². The van der Waals surface area contributed by atoms with Crippen molar-refractivity contribution in [3.8, 4) is 5.75 Å². The van der Waals surface area contributed by atoms with Gasteiger partial charge in [0.05, 0.1) is 18.7 Å². The molecule has 0 aliphatic carbocycles. The Bertz CT molecular complexity index is 991. The summed E-state index contributed by atoms with van der Waals surface area (Å²) in [5, 5.41) is 3.03. The molecule has 0 radical (unpaired) electrons. The summed E-state index contributed by atoms with van der Waals surface area (Å²) in [5.41, 5.74) is 3.16. The van der Waals surface area contributed by atoms with Crippen LogP contribution < -0.4 is 15.0 Å². The van der Waals surface area contributed by atoms with Crippen molar-refractivity contribution in [2.45, 2.75) is 20.3 Å². The number of aryl methyl sites for hydroxylation is 2. The van der Waals surface area contributed by atoms with Gasteiger partial charge in [-0.1, -0.05) is 23.7 Å². The van der Waals surface area contributed by atoms with Crippen LogP contribution in [0, 0.1) is 19.8 Å². The van der Waals surface area contributed by atoms with Gasteiger partial charge in [0.2, 0.25) is 5.91 Å². The molecule has 3 rings (SSSR count). The first-order chi connectivity index (χ1) is 14.3. The average molecular weight is 431 g/mol. The van der Waals surface area contributed by atoms with E-state index in [1.54, 1.807) is 17.0 Å². The second-order valence-corrected chi connectivity index (χ2v) is 7.63. The summed E-state index contributed by atoms with van der Waals surface area (Å²) in [5.74, 6) is -1.43. The van der Waals surface area contributed by atoms with Crippen LogP contribution in [0.3, 0.4) is 0 Å². The van der Waals surface area contributed by atoms with Crippen LogP contribution in [0.5, 0.6) is 5.75 Å². The Balaban J connectivity index is 1.58. The quantitative estimate of drug-likeness (QED) is 0.709. The summed E-state index contributed by atoms with van der Waals surface area (Å²) >= 11 is 5.94. The highest BCUT2D eigenvalue weighted by molar-refractivity contribution is 6.31. The number of esters is 1. The molecule has 1 aliphatic heterocycles. The molecular formula is C22H23ClN2O5. The first-order valence-electron chi connectivity index (χ1n) is 9.46. The molecule has 1 saturated heterocycles. The minimum absolute atomic E-state index is 0.0515. The zero-order chi connectivity index (χ0) is 21.8. The Labute approximate surface area is 179 Å². The molecule has 1 N–H and O–H groups in total. The van der Waals surface area contributed by atoms with Crippen molar-refractivity contribution in [3.05, 3.63) is 52.5 Å². The van der Waals surface area contributed by atoms with Gasteiger partial charge in [0, 0.05) is 23.7 Å². The standard InChI is InChI=1S/C22H23ClN2O5/c1-13-4-5-14(2)18(8-13)25-11-15(9-21(25)27)22(28)30-12-20(26)24-17-10-16(23)6-7-19(17)29-3/h4-8,10,15H,9,11-12H2,1-3H3,(H,24,26). The molecular weight excluding hydrogens is 408 g/mol. The fraction of sp³-hybridized carbons (Fsp3) is 0.318. The third-order valence-electron chi connectivity index (χ3n) is 4.89. The molecule has 0 spiro atoms. The van der Waals surface area contributed by atoms with Crippen molar-refractivity contribution in [3.63, 3.8) is 0 Å². The lowest BCUT2D eigenvalue weighted by Crippen LogP contribution is -2.28. The van der Waals surface area contributed by atoms with Gasteiger partial charge in [-0.3, -0.25) is 14.4 Å². The number of nitrogens with zero attached hydrogens (tertiary/aromatic N) is 1. The van der Waals surface area contributed by atoms with Crippen molar-refractivity contribution < 1.29 is 23.9 Å². The summed E-state index contributed by atoms with van der Waals surface area (Å²) < 4.78 is 10.3. The Morgan fingerprint density at radius 3 is 2.70 bits per heavy atom. The maximum Gasteiger partial charge on any atom is 0.311 e. The molecule has 2 aromatic rings. The molecule has 2 aromatic carbocycles. The molecule has 1 heterocycles. The van der Waals surface area contributed by atoms with E-state index < -0.39 is 24.4 Å². The smallest absolute Gasteiger partial charge is 0.311 e. The Morgan fingerprint density at radius 2 is 1.97 bits per heavy atom. The highest BCUT2D eigenvalue weighted by Crippen LogP contribution is 2.30. The van der Waals surface area contributed by atoms with Crippen molar-refractivity contribution in [1.29, 1.82) is 0 Å². The molecule has 1 aliphatic rings. The summed E-state index contributed by atoms with van der Waals surface area (Å²) in [4.78, 5) is 38.7. The second kappa shape index (κ2) is 9.17. The van der Waals surface area contributed by atoms with Crippen LogP contribution >= 0.6 is 11.6 Å². The van der Waals surface area contributed by atoms with Crippen LogP contribution in [-0.4, -0.2) is 38.0 Å². The van der Waals surface area contributed by atoms with E-state index in [1.807, 2.05) is 32.0 Å². The lowest BCUT2D eigenvalue weighted by Gasteiger charge is -2.19. The van der Waals surface area contributed by atoms with Gasteiger partial charge in [0.1, 0.15) is 5.75 Å². The number of rotatable bonds is 6. The number of anilines is 2. The van der Waals surface area contributed by atoms with Gasteiger partial charge in [-0.05, 0) is 49.2 Å². The Hall–Kier alpha value is -3.06. The predicted molar refractivity (Wildman–Crippen MR) is 114 cm³/mol. The van der Waals surface area contributed by atoms with E-state index in [4.69, 9.17) is 21.1 Å². The number of ether oxygens (including phenoxy) is 2. The second-order valence-electron chi connectivity index (χ2n) is 7.20. The monoisotopic (exact) mass is 430 g/mol. The molecule has 2 amide bonds. The van der Waals surface area contributed by atoms with Crippen LogP contribution in [0.15, 0.2) is 36.4 Å². The summed E-state index contributed by atoms with van der Waals surface area (Å²) in [6.07, 6.45) is 0.0515. The first kappa shape index (κ1) is 21.6. The van der Waals surface area contributed by atoms with E-state index in [-0.39, 0.29) is 18.9 Å². The number of methoxy groups -OCH3 is 1. The van der Waals surface area contributed by atoms with Crippen molar-refractivity contribution in [2.75, 3.05) is 30.5 Å². The number of halogens is 1. The highest BCUT2D eigenvalue weighted by atomic mass is 35.5. The summed E-state index contributed by atoms with van der Waals surface area (Å²) in [6.45, 7) is 3.62. The molecule has 30 heavy (non-hydrogen) atoms. The van der Waals surface area contributed by atoms with Gasteiger partial charge in [0.25, 0.3) is 5.91 Å². The molecule has 1 fully saturated rings. The van der Waals surface area contributed by atoms with Crippen molar-refractivity contribution >= 4 is 40.8 Å². The summed E-state index contributed by atoms with van der Waals surface area (Å²) in [6, 6.07) is 10.6. The SMILES string of the molecule is COc1ccc(Cl)cc1NC(=O)COC(=O)C1CC(=O)N(c2cc(C)ccc2C)C1. The van der Waals surface area contributed by atoms with Gasteiger partial charge in [-0.25, -0.2) is 0 Å². The van der Waals surface area contributed by atoms with Crippen LogP contribution in [0.2, 0.25) is 5.02 Å². The van der Waals surface area contributed by atoms with E-state index in [1.165, 1.54) is 13.2 Å². The number of hydrogen-bond acceptors (Lipinski definition) is 5. The maximum absolute atomic E-state index is 12.4.